The third kappa shape index (κ3) is 4.76. The highest BCUT2D eigenvalue weighted by Crippen LogP contribution is 2.48. The van der Waals surface area contributed by atoms with Crippen LogP contribution >= 0.6 is 0 Å². The van der Waals surface area contributed by atoms with Crippen LogP contribution in [0.1, 0.15) is 61.0 Å². The molecule has 2 aliphatic heterocycles. The average molecular weight is 479 g/mol. The van der Waals surface area contributed by atoms with Gasteiger partial charge in [-0.3, -0.25) is 4.79 Å². The highest BCUT2D eigenvalue weighted by atomic mass is 16.6. The van der Waals surface area contributed by atoms with Gasteiger partial charge in [-0.1, -0.05) is 12.5 Å². The van der Waals surface area contributed by atoms with Crippen LogP contribution in [0.2, 0.25) is 0 Å². The zero-order valence-corrected chi connectivity index (χ0v) is 20.7. The van der Waals surface area contributed by atoms with E-state index in [1.165, 1.54) is 19.3 Å². The predicted octanol–water partition coefficient (Wildman–Crippen LogP) is 3.65. The second kappa shape index (κ2) is 9.93. The maximum atomic E-state index is 13.1. The van der Waals surface area contributed by atoms with Crippen molar-refractivity contribution in [3.05, 3.63) is 41.7 Å². The van der Waals surface area contributed by atoms with Crippen molar-refractivity contribution in [3.8, 4) is 17.1 Å². The van der Waals surface area contributed by atoms with E-state index in [-0.39, 0.29) is 17.8 Å². The van der Waals surface area contributed by atoms with Gasteiger partial charge in [0.2, 0.25) is 11.8 Å². The normalized spacial score (nSPS) is 24.2. The molecule has 0 aromatic carbocycles. The van der Waals surface area contributed by atoms with Crippen LogP contribution in [0, 0.1) is 5.92 Å². The summed E-state index contributed by atoms with van der Waals surface area (Å²) in [4.78, 5) is 39.1. The van der Waals surface area contributed by atoms with Crippen molar-refractivity contribution in [2.24, 2.45) is 5.92 Å². The second-order valence-corrected chi connectivity index (χ2v) is 10.0. The number of rotatable bonds is 6. The van der Waals surface area contributed by atoms with Crippen LogP contribution in [-0.4, -0.2) is 72.0 Å². The molecule has 0 bridgehead atoms. The lowest BCUT2D eigenvalue weighted by Gasteiger charge is -2.37. The number of carbonyl (C=O) groups excluding carboxylic acids is 2. The summed E-state index contributed by atoms with van der Waals surface area (Å²) >= 11 is 0. The molecule has 1 aliphatic carbocycles. The van der Waals surface area contributed by atoms with E-state index in [1.54, 1.807) is 19.4 Å². The van der Waals surface area contributed by atoms with E-state index in [0.29, 0.717) is 43.0 Å². The molecule has 0 atom stereocenters. The number of methoxy groups -OCH3 is 1. The molecular formula is C27H34N4O4. The van der Waals surface area contributed by atoms with Crippen LogP contribution in [0.5, 0.6) is 5.88 Å². The Morgan fingerprint density at radius 1 is 1.17 bits per heavy atom. The summed E-state index contributed by atoms with van der Waals surface area (Å²) in [5.74, 6) is 0.331. The summed E-state index contributed by atoms with van der Waals surface area (Å²) in [6.45, 7) is 4.00. The number of aromatic nitrogens is 2. The van der Waals surface area contributed by atoms with E-state index in [0.717, 1.165) is 37.3 Å². The maximum Gasteiger partial charge on any atom is 0.358 e. The lowest BCUT2D eigenvalue weighted by Crippen LogP contribution is -2.43. The number of ether oxygens (including phenoxy) is 2. The zero-order chi connectivity index (χ0) is 24.4. The molecule has 1 spiro atoms. The standard InChI is InChI=1S/C27H34N4O4/c1-30(16-17-31-14-4-3-5-15-31)25(32)19-10-12-27(13-11-19)21-7-8-22(29-24(21)26(33)35-27)20-6-9-23(34-2)28-18-20/h6-9,18-19H,3-5,10-17H2,1-2H3/t19-,27-. The van der Waals surface area contributed by atoms with E-state index in [2.05, 4.69) is 14.9 Å². The number of hydrogen-bond acceptors (Lipinski definition) is 7. The van der Waals surface area contributed by atoms with Gasteiger partial charge in [0.05, 0.1) is 12.8 Å². The number of likely N-dealkylation sites (N-methyl/N-ethyl adjacent to an activating group) is 1. The van der Waals surface area contributed by atoms with Gasteiger partial charge >= 0.3 is 5.97 Å². The lowest BCUT2D eigenvalue weighted by atomic mass is 9.75. The fraction of sp³-hybridized carbons (Fsp3) is 0.556. The average Bonchev–Trinajstić information content (AvgIpc) is 3.18. The molecule has 5 rings (SSSR count). The first-order chi connectivity index (χ1) is 17.0. The molecule has 0 radical (unpaired) electrons. The van der Waals surface area contributed by atoms with Crippen LogP contribution in [0.15, 0.2) is 30.5 Å². The van der Waals surface area contributed by atoms with Crippen LogP contribution in [0.3, 0.4) is 0 Å². The summed E-state index contributed by atoms with van der Waals surface area (Å²) in [5.41, 5.74) is 2.04. The molecule has 8 heteroatoms. The van der Waals surface area contributed by atoms with Crippen molar-refractivity contribution < 1.29 is 19.1 Å². The largest absolute Gasteiger partial charge is 0.481 e. The number of carbonyl (C=O) groups is 2. The van der Waals surface area contributed by atoms with Gasteiger partial charge in [-0.05, 0) is 63.7 Å². The Hall–Kier alpha value is -3.00. The van der Waals surface area contributed by atoms with Gasteiger partial charge in [-0.25, -0.2) is 14.8 Å². The van der Waals surface area contributed by atoms with Crippen LogP contribution in [-0.2, 0) is 15.1 Å². The number of pyridine rings is 2. The highest BCUT2D eigenvalue weighted by Gasteiger charge is 2.49. The summed E-state index contributed by atoms with van der Waals surface area (Å²) in [6.07, 6.45) is 8.24. The van der Waals surface area contributed by atoms with Crippen molar-refractivity contribution >= 4 is 11.9 Å². The molecular weight excluding hydrogens is 444 g/mol. The minimum absolute atomic E-state index is 0.0210. The van der Waals surface area contributed by atoms with Gasteiger partial charge in [-0.15, -0.1) is 0 Å². The molecule has 8 nitrogen and oxygen atoms in total. The van der Waals surface area contributed by atoms with Crippen molar-refractivity contribution in [2.45, 2.75) is 50.5 Å². The van der Waals surface area contributed by atoms with Gasteiger partial charge in [0.1, 0.15) is 5.60 Å². The van der Waals surface area contributed by atoms with Gasteiger partial charge in [0, 0.05) is 49.4 Å². The zero-order valence-electron chi connectivity index (χ0n) is 20.7. The molecule has 2 aromatic rings. The van der Waals surface area contributed by atoms with Crippen LogP contribution in [0.25, 0.3) is 11.3 Å². The van der Waals surface area contributed by atoms with Gasteiger partial charge < -0.3 is 19.3 Å². The predicted molar refractivity (Wildman–Crippen MR) is 131 cm³/mol. The quantitative estimate of drug-likeness (QED) is 0.586. The number of likely N-dealkylation sites (tertiary alicyclic amines) is 1. The summed E-state index contributed by atoms with van der Waals surface area (Å²) in [7, 11) is 3.49. The van der Waals surface area contributed by atoms with Crippen LogP contribution < -0.4 is 4.74 Å². The van der Waals surface area contributed by atoms with Crippen molar-refractivity contribution in [1.82, 2.24) is 19.8 Å². The Morgan fingerprint density at radius 3 is 2.63 bits per heavy atom. The third-order valence-electron chi connectivity index (χ3n) is 7.83. The number of piperidine rings is 1. The first-order valence-electron chi connectivity index (χ1n) is 12.7. The monoisotopic (exact) mass is 478 g/mol. The maximum absolute atomic E-state index is 13.1. The molecule has 3 aliphatic rings. The Morgan fingerprint density at radius 2 is 1.94 bits per heavy atom. The van der Waals surface area contributed by atoms with Crippen molar-refractivity contribution in [1.29, 1.82) is 0 Å². The number of hydrogen-bond donors (Lipinski definition) is 0. The molecule has 2 aromatic heterocycles. The van der Waals surface area contributed by atoms with E-state index < -0.39 is 5.60 Å². The fourth-order valence-electron chi connectivity index (χ4n) is 5.68. The van der Waals surface area contributed by atoms with E-state index >= 15 is 0 Å². The molecule has 35 heavy (non-hydrogen) atoms. The molecule has 1 saturated heterocycles. The second-order valence-electron chi connectivity index (χ2n) is 10.0. The van der Waals surface area contributed by atoms with Crippen molar-refractivity contribution in [2.75, 3.05) is 40.3 Å². The molecule has 0 unspecified atom stereocenters. The molecule has 4 heterocycles. The number of esters is 1. The van der Waals surface area contributed by atoms with Gasteiger partial charge in [-0.2, -0.15) is 0 Å². The summed E-state index contributed by atoms with van der Waals surface area (Å²) in [5, 5.41) is 0. The van der Waals surface area contributed by atoms with Crippen molar-refractivity contribution in [3.63, 3.8) is 0 Å². The summed E-state index contributed by atoms with van der Waals surface area (Å²) in [6, 6.07) is 7.51. The molecule has 1 amide bonds. The third-order valence-corrected chi connectivity index (χ3v) is 7.83. The number of amides is 1. The minimum Gasteiger partial charge on any atom is -0.481 e. The number of fused-ring (bicyclic) bond motifs is 2. The van der Waals surface area contributed by atoms with Crippen LogP contribution in [0.4, 0.5) is 0 Å². The highest BCUT2D eigenvalue weighted by molar-refractivity contribution is 5.93. The smallest absolute Gasteiger partial charge is 0.358 e. The van der Waals surface area contributed by atoms with Gasteiger partial charge in [0.15, 0.2) is 5.69 Å². The SMILES string of the molecule is COc1ccc(-c2ccc3c(n2)C(=O)O[C@]32CC[C@H](C(=O)N(C)CCN3CCCCC3)CC2)cn1. The Kier molecular flexibility index (Phi) is 6.73. The Balaban J connectivity index is 1.23. The van der Waals surface area contributed by atoms with E-state index in [4.69, 9.17) is 9.47 Å². The number of nitrogens with zero attached hydrogens (tertiary/aromatic N) is 4. The van der Waals surface area contributed by atoms with E-state index in [9.17, 15) is 9.59 Å². The Labute approximate surface area is 206 Å². The Bertz CT molecular complexity index is 1070. The van der Waals surface area contributed by atoms with E-state index in [1.807, 2.05) is 30.1 Å². The molecule has 1 saturated carbocycles. The molecule has 186 valence electrons. The fourth-order valence-corrected chi connectivity index (χ4v) is 5.68. The first kappa shape index (κ1) is 23.7. The first-order valence-corrected chi connectivity index (χ1v) is 12.7. The lowest BCUT2D eigenvalue weighted by molar-refractivity contribution is -0.137. The topological polar surface area (TPSA) is 84.9 Å². The van der Waals surface area contributed by atoms with Gasteiger partial charge in [0.25, 0.3) is 0 Å². The minimum atomic E-state index is -0.667. The molecule has 2 fully saturated rings. The molecule has 0 N–H and O–H groups in total. The summed E-state index contributed by atoms with van der Waals surface area (Å²) < 4.78 is 11.1.